The number of amides is 1. The van der Waals surface area contributed by atoms with E-state index in [1.807, 2.05) is 6.92 Å². The molecule has 0 radical (unpaired) electrons. The number of carbonyl (C=O) groups is 1. The van der Waals surface area contributed by atoms with Gasteiger partial charge < -0.3 is 10.6 Å². The van der Waals surface area contributed by atoms with Crippen LogP contribution in [0.3, 0.4) is 0 Å². The lowest BCUT2D eigenvalue weighted by Crippen LogP contribution is -2.58. The number of rotatable bonds is 6. The number of aryl methyl sites for hydroxylation is 1. The molecule has 2 heterocycles. The summed E-state index contributed by atoms with van der Waals surface area (Å²) < 4.78 is 1.57. The van der Waals surface area contributed by atoms with Crippen LogP contribution in [0, 0.1) is 30.1 Å². The highest BCUT2D eigenvalue weighted by molar-refractivity contribution is 9.10. The lowest BCUT2D eigenvalue weighted by Gasteiger charge is -2.62. The third-order valence-electron chi connectivity index (χ3n) is 7.27. The van der Waals surface area contributed by atoms with E-state index in [9.17, 15) is 9.59 Å². The van der Waals surface area contributed by atoms with Crippen molar-refractivity contribution < 1.29 is 4.79 Å². The van der Waals surface area contributed by atoms with Crippen molar-refractivity contribution in [1.29, 1.82) is 0 Å². The van der Waals surface area contributed by atoms with Gasteiger partial charge in [0, 0.05) is 12.2 Å². The molecule has 0 saturated heterocycles. The highest BCUT2D eigenvalue weighted by Crippen LogP contribution is 2.61. The van der Waals surface area contributed by atoms with Crippen molar-refractivity contribution in [3.8, 4) is 0 Å². The minimum absolute atomic E-state index is 0.158. The molecule has 4 atom stereocenters. The Morgan fingerprint density at radius 3 is 2.68 bits per heavy atom. The Kier molecular flexibility index (Phi) is 5.89. The summed E-state index contributed by atoms with van der Waals surface area (Å²) >= 11 is 3.41. The fourth-order valence-electron chi connectivity index (χ4n) is 5.11. The number of anilines is 1. The molecule has 3 fully saturated rings. The van der Waals surface area contributed by atoms with Crippen molar-refractivity contribution >= 4 is 27.5 Å². The first-order valence-electron chi connectivity index (χ1n) is 10.7. The molecule has 9 heteroatoms. The van der Waals surface area contributed by atoms with Gasteiger partial charge in [-0.1, -0.05) is 20.8 Å². The van der Waals surface area contributed by atoms with Crippen molar-refractivity contribution in [3.05, 3.63) is 44.8 Å². The van der Waals surface area contributed by atoms with Crippen molar-refractivity contribution in [2.75, 3.05) is 5.32 Å². The van der Waals surface area contributed by atoms with E-state index in [-0.39, 0.29) is 24.6 Å². The maximum Gasteiger partial charge on any atom is 0.283 e. The first-order valence-corrected chi connectivity index (χ1v) is 11.5. The topological polar surface area (TPSA) is 102 Å². The lowest BCUT2D eigenvalue weighted by atomic mass is 9.45. The van der Waals surface area contributed by atoms with Gasteiger partial charge in [-0.2, -0.15) is 5.10 Å². The summed E-state index contributed by atoms with van der Waals surface area (Å²) in [5, 5.41) is 10.5. The number of hydrogen-bond donors (Lipinski definition) is 2. The van der Waals surface area contributed by atoms with Crippen LogP contribution in [-0.2, 0) is 17.9 Å². The van der Waals surface area contributed by atoms with Crippen molar-refractivity contribution in [2.24, 2.45) is 23.2 Å². The lowest BCUT2D eigenvalue weighted by molar-refractivity contribution is -0.122. The molecule has 166 valence electrons. The Morgan fingerprint density at radius 2 is 2.03 bits per heavy atom. The molecule has 0 aromatic carbocycles. The number of carbonyl (C=O) groups excluding carboxylic acids is 1. The maximum atomic E-state index is 12.7. The number of hydrogen-bond acceptors (Lipinski definition) is 6. The SMILES string of the molecule is Cc1cnc(CNC(=O)Cn2ncc(N[C@@H]3C[C@@H]4C[C@H]([C@H]3C)C4(C)C)c(Br)c2=O)cn1. The molecule has 3 saturated carbocycles. The molecular weight excluding hydrogens is 460 g/mol. The van der Waals surface area contributed by atoms with Crippen LogP contribution >= 0.6 is 15.9 Å². The molecular formula is C22H29BrN6O2. The van der Waals surface area contributed by atoms with Crippen molar-refractivity contribution in [1.82, 2.24) is 25.1 Å². The van der Waals surface area contributed by atoms with Crippen molar-refractivity contribution in [3.63, 3.8) is 0 Å². The van der Waals surface area contributed by atoms with Gasteiger partial charge in [-0.05, 0) is 58.9 Å². The average Bonchev–Trinajstić information content (AvgIpc) is 2.74. The average molecular weight is 489 g/mol. The zero-order chi connectivity index (χ0) is 22.3. The highest BCUT2D eigenvalue weighted by Gasteiger charge is 2.56. The van der Waals surface area contributed by atoms with Crippen LogP contribution in [0.2, 0.25) is 0 Å². The van der Waals surface area contributed by atoms with Crippen LogP contribution < -0.4 is 16.2 Å². The summed E-state index contributed by atoms with van der Waals surface area (Å²) in [7, 11) is 0. The predicted molar refractivity (Wildman–Crippen MR) is 121 cm³/mol. The van der Waals surface area contributed by atoms with Crippen LogP contribution in [0.4, 0.5) is 5.69 Å². The smallest absolute Gasteiger partial charge is 0.283 e. The first kappa shape index (κ1) is 21.9. The van der Waals surface area contributed by atoms with E-state index in [1.54, 1.807) is 18.6 Å². The molecule has 3 aliphatic carbocycles. The molecule has 31 heavy (non-hydrogen) atoms. The van der Waals surface area contributed by atoms with Gasteiger partial charge in [0.15, 0.2) is 0 Å². The molecule has 5 rings (SSSR count). The molecule has 2 N–H and O–H groups in total. The van der Waals surface area contributed by atoms with Gasteiger partial charge in [0.2, 0.25) is 5.91 Å². The second kappa shape index (κ2) is 8.33. The largest absolute Gasteiger partial charge is 0.380 e. The Morgan fingerprint density at radius 1 is 1.26 bits per heavy atom. The van der Waals surface area contributed by atoms with E-state index in [4.69, 9.17) is 0 Å². The molecule has 0 unspecified atom stereocenters. The zero-order valence-corrected chi connectivity index (χ0v) is 19.9. The third kappa shape index (κ3) is 4.24. The van der Waals surface area contributed by atoms with Crippen LogP contribution in [0.1, 0.15) is 45.0 Å². The molecule has 2 aromatic rings. The summed E-state index contributed by atoms with van der Waals surface area (Å²) in [5.41, 5.74) is 2.24. The van der Waals surface area contributed by atoms with Crippen LogP contribution in [0.25, 0.3) is 0 Å². The van der Waals surface area contributed by atoms with Gasteiger partial charge in [0.05, 0.1) is 36.0 Å². The minimum atomic E-state index is -0.329. The quantitative estimate of drug-likeness (QED) is 0.647. The molecule has 1 amide bonds. The summed E-state index contributed by atoms with van der Waals surface area (Å²) in [6.07, 6.45) is 7.30. The molecule has 0 aliphatic heterocycles. The first-order chi connectivity index (χ1) is 14.7. The van der Waals surface area contributed by atoms with Gasteiger partial charge in [-0.25, -0.2) is 4.68 Å². The van der Waals surface area contributed by atoms with E-state index in [2.05, 4.69) is 62.4 Å². The third-order valence-corrected chi connectivity index (χ3v) is 8.04. The van der Waals surface area contributed by atoms with E-state index < -0.39 is 0 Å². The van der Waals surface area contributed by atoms with E-state index in [0.29, 0.717) is 39.1 Å². The number of aromatic nitrogens is 4. The fraction of sp³-hybridized carbons (Fsp3) is 0.591. The van der Waals surface area contributed by atoms with Gasteiger partial charge in [-0.3, -0.25) is 19.6 Å². The maximum absolute atomic E-state index is 12.7. The molecule has 2 aromatic heterocycles. The summed E-state index contributed by atoms with van der Waals surface area (Å²) in [5.74, 6) is 1.65. The monoisotopic (exact) mass is 488 g/mol. The Hall–Kier alpha value is -2.29. The van der Waals surface area contributed by atoms with E-state index >= 15 is 0 Å². The van der Waals surface area contributed by atoms with Crippen LogP contribution in [0.15, 0.2) is 27.9 Å². The van der Waals surface area contributed by atoms with Crippen LogP contribution in [-0.4, -0.2) is 31.7 Å². The minimum Gasteiger partial charge on any atom is -0.380 e. The number of nitrogens with one attached hydrogen (secondary N) is 2. The van der Waals surface area contributed by atoms with Gasteiger partial charge in [0.25, 0.3) is 5.56 Å². The van der Waals surface area contributed by atoms with E-state index in [0.717, 1.165) is 22.7 Å². The standard InChI is InChI=1S/C22H29BrN6O2/c1-12-7-25-15(8-24-12)9-26-19(30)11-29-21(31)20(23)18(10-27-29)28-17-6-14-5-16(13(17)2)22(14,3)4/h7-8,10,13-14,16-17,28H,5-6,9,11H2,1-4H3,(H,26,30)/t13-,14+,16-,17-/m1/s1. The fourth-order valence-corrected chi connectivity index (χ4v) is 5.53. The number of halogens is 1. The Labute approximate surface area is 190 Å². The zero-order valence-electron chi connectivity index (χ0n) is 18.4. The molecule has 2 bridgehead atoms. The molecule has 3 aliphatic rings. The molecule has 0 spiro atoms. The van der Waals surface area contributed by atoms with E-state index in [1.165, 1.54) is 6.42 Å². The normalized spacial score (nSPS) is 26.1. The second-order valence-corrected chi connectivity index (χ2v) is 10.3. The number of fused-ring (bicyclic) bond motifs is 2. The van der Waals surface area contributed by atoms with Gasteiger partial charge in [-0.15, -0.1) is 0 Å². The summed E-state index contributed by atoms with van der Waals surface area (Å²) in [6.45, 7) is 8.98. The highest BCUT2D eigenvalue weighted by atomic mass is 79.9. The molecule has 8 nitrogen and oxygen atoms in total. The Balaban J connectivity index is 1.38. The number of nitrogens with zero attached hydrogens (tertiary/aromatic N) is 4. The van der Waals surface area contributed by atoms with Crippen molar-refractivity contribution in [2.45, 2.75) is 59.7 Å². The Bertz CT molecular complexity index is 1040. The summed E-state index contributed by atoms with van der Waals surface area (Å²) in [6, 6.07) is 0.323. The van der Waals surface area contributed by atoms with Gasteiger partial charge in [0.1, 0.15) is 11.0 Å². The van der Waals surface area contributed by atoms with Gasteiger partial charge >= 0.3 is 0 Å². The second-order valence-electron chi connectivity index (χ2n) is 9.47. The van der Waals surface area contributed by atoms with Crippen LogP contribution in [0.5, 0.6) is 0 Å². The predicted octanol–water partition coefficient (Wildman–Crippen LogP) is 2.90. The summed E-state index contributed by atoms with van der Waals surface area (Å²) in [4.78, 5) is 33.4.